The molecule has 4 heterocycles. The minimum Gasteiger partial charge on any atom is -0.310 e. The lowest BCUT2D eigenvalue weighted by atomic mass is 9.33. The summed E-state index contributed by atoms with van der Waals surface area (Å²) in [5.74, 6) is 0. The molecule has 0 radical (unpaired) electrons. The van der Waals surface area contributed by atoms with Gasteiger partial charge in [0.1, 0.15) is 17.7 Å². The maximum Gasteiger partial charge on any atom is 0.252 e. The van der Waals surface area contributed by atoms with Crippen LogP contribution in [-0.4, -0.2) is 15.8 Å². The van der Waals surface area contributed by atoms with Gasteiger partial charge in [0.2, 0.25) is 0 Å². The Morgan fingerprint density at radius 1 is 0.358 bits per heavy atom. The van der Waals surface area contributed by atoms with Crippen LogP contribution in [0.4, 0.5) is 34.1 Å². The molecule has 17 rings (SSSR count). The maximum atomic E-state index is 12.4. The quantitative estimate of drug-likeness (QED) is 0.142. The second kappa shape index (κ2) is 21.9. The average Bonchev–Trinajstić information content (AvgIpc) is 0.850. The summed E-state index contributed by atoms with van der Waals surface area (Å²) in [6.45, 7) is 12.3. The molecule has 0 fully saturated rings. The van der Waals surface area contributed by atoms with Crippen molar-refractivity contribution in [2.24, 2.45) is 0 Å². The van der Waals surface area contributed by atoms with Gasteiger partial charge in [0.25, 0.3) is 6.71 Å². The van der Waals surface area contributed by atoms with Crippen molar-refractivity contribution >= 4 is 101 Å². The third-order valence-electron chi connectivity index (χ3n) is 19.1. The van der Waals surface area contributed by atoms with Crippen molar-refractivity contribution in [1.82, 2.24) is 9.13 Å². The second-order valence-electron chi connectivity index (χ2n) is 26.6. The van der Waals surface area contributed by atoms with Crippen LogP contribution in [0.5, 0.6) is 0 Å². The molecular weight excluding hydrogens is 1150 g/mol. The number of anilines is 6. The molecule has 2 aliphatic heterocycles. The Hall–Kier alpha value is -11.9. The largest absolute Gasteiger partial charge is 0.310 e. The molecule has 0 unspecified atom stereocenters. The molecule has 6 nitrogen and oxygen atoms in total. The number of nitriles is 2. The van der Waals surface area contributed by atoms with E-state index >= 15 is 0 Å². The number of rotatable bonds is 8. The Morgan fingerprint density at radius 3 is 1.37 bits per heavy atom. The predicted octanol–water partition coefficient (Wildman–Crippen LogP) is 21.0. The van der Waals surface area contributed by atoms with E-state index in [0.717, 1.165) is 60.5 Å². The van der Waals surface area contributed by atoms with Crippen molar-refractivity contribution in [3.8, 4) is 68.0 Å². The summed E-state index contributed by atoms with van der Waals surface area (Å²) >= 11 is 0. The predicted molar refractivity (Wildman–Crippen MR) is 398 cm³/mol. The minimum atomic E-state index is -0.847. The summed E-state index contributed by atoms with van der Waals surface area (Å²) in [5, 5.41) is 27.7. The van der Waals surface area contributed by atoms with Gasteiger partial charge in [0, 0.05) is 50.0 Å². The molecule has 15 aromatic rings. The van der Waals surface area contributed by atoms with Crippen LogP contribution in [0.25, 0.3) is 99.5 Å². The van der Waals surface area contributed by atoms with Gasteiger partial charge < -0.3 is 18.9 Å². The first kappa shape index (κ1) is 46.2. The molecule has 7 heteroatoms. The molecule has 95 heavy (non-hydrogen) atoms. The molecule has 0 aliphatic carbocycles. The Morgan fingerprint density at radius 2 is 0.832 bits per heavy atom. The van der Waals surface area contributed by atoms with E-state index in [-0.39, 0.29) is 74.0 Å². The highest BCUT2D eigenvalue weighted by molar-refractivity contribution is 7.00. The van der Waals surface area contributed by atoms with Gasteiger partial charge in [-0.2, -0.15) is 10.5 Å². The molecule has 0 spiro atoms. The van der Waals surface area contributed by atoms with Gasteiger partial charge in [0.05, 0.1) is 59.8 Å². The fraction of sp³-hybridized carbons (Fsp3) is 0.0909. The lowest BCUT2D eigenvalue weighted by Crippen LogP contribution is -2.61. The smallest absolute Gasteiger partial charge is 0.252 e. The molecule has 0 bridgehead atoms. The van der Waals surface area contributed by atoms with E-state index in [1.165, 1.54) is 0 Å². The van der Waals surface area contributed by atoms with Crippen molar-refractivity contribution in [1.29, 1.82) is 10.5 Å². The number of hydrogen-bond donors (Lipinski definition) is 0. The molecule has 2 aromatic heterocycles. The van der Waals surface area contributed by atoms with E-state index in [9.17, 15) is 21.5 Å². The molecule has 450 valence electrons. The number of benzene rings is 13. The van der Waals surface area contributed by atoms with Gasteiger partial charge >= 0.3 is 0 Å². The van der Waals surface area contributed by atoms with E-state index in [2.05, 4.69) is 90.1 Å². The zero-order valence-electron chi connectivity index (χ0n) is 64.0. The SMILES string of the molecule is [2H]c1c([2H])c([2H])c(-c2ccc3c(c2)N(c2c([2H])c(-n4c5ccccc5c5ccccc54)c([2H])c([2H])c2C#N)c2cc(-c4ccccc4-c4ccccc4)cc4c2B3c2ccc(-c3cc(C(C)(C)C)cc(C(C)(C)C)c3)cc2N4c2c([2H])c([2H])c([2H])c(-n3c4ccccc4c4ccccc43)c2C#N)c([2H])c1[2H]. The molecule has 0 atom stereocenters. The van der Waals surface area contributed by atoms with Gasteiger partial charge in [-0.3, -0.25) is 0 Å². The third-order valence-corrected chi connectivity index (χ3v) is 19.1. The van der Waals surface area contributed by atoms with Crippen molar-refractivity contribution in [3.05, 3.63) is 307 Å². The molecule has 0 N–H and O–H groups in total. The van der Waals surface area contributed by atoms with Crippen LogP contribution >= 0.6 is 0 Å². The lowest BCUT2D eigenvalue weighted by Gasteiger charge is -2.45. The summed E-state index contributed by atoms with van der Waals surface area (Å²) < 4.78 is 112. The summed E-state index contributed by atoms with van der Waals surface area (Å²) in [4.78, 5) is 3.66. The number of hydrogen-bond acceptors (Lipinski definition) is 4. The first-order valence-corrected chi connectivity index (χ1v) is 31.9. The van der Waals surface area contributed by atoms with Crippen LogP contribution < -0.4 is 26.2 Å². The monoisotopic (exact) mass is 1230 g/mol. The number of nitrogens with zero attached hydrogens (tertiary/aromatic N) is 6. The van der Waals surface area contributed by atoms with Crippen molar-refractivity contribution in [2.45, 2.75) is 52.4 Å². The van der Waals surface area contributed by atoms with Crippen LogP contribution in [0.1, 0.15) is 78.9 Å². The molecule has 0 amide bonds. The van der Waals surface area contributed by atoms with Crippen molar-refractivity contribution < 1.29 is 15.1 Å². The normalized spacial score (nSPS) is 14.3. The van der Waals surface area contributed by atoms with Gasteiger partial charge in [-0.1, -0.05) is 248 Å². The van der Waals surface area contributed by atoms with Crippen molar-refractivity contribution in [3.63, 3.8) is 0 Å². The van der Waals surface area contributed by atoms with Gasteiger partial charge in [-0.25, -0.2) is 0 Å². The third kappa shape index (κ3) is 9.14. The van der Waals surface area contributed by atoms with E-state index in [0.29, 0.717) is 66.8 Å². The maximum absolute atomic E-state index is 12.4. The fourth-order valence-electron chi connectivity index (χ4n) is 14.5. The Kier molecular flexibility index (Phi) is 10.6. The summed E-state index contributed by atoms with van der Waals surface area (Å²) in [6, 6.07) is 70.7. The fourth-order valence-corrected chi connectivity index (χ4v) is 14.5. The summed E-state index contributed by atoms with van der Waals surface area (Å²) in [6.07, 6.45) is 0. The standard InChI is InChI=1S/C88H65BN6/c1-87(2,3)63-46-61(47-64(52-63)88(4,5)6)59-42-45-73-82(49-59)94(80-39-23-38-79(72(80)55-91)93-77-36-21-17-32-70(77)71-33-18-22-37-78(71)93)84-50-62(67-29-14-13-28-66(67)57-26-11-8-12-27-57)51-85-86(84)89(73)74-44-41-58(56-24-9-7-10-25-56)48-83(74)95(85)81-53-65(43-40-60(81)54-90)92-75-34-19-15-30-68(75)69-31-16-20-35-76(69)92/h7-53H,1-6H3/i7D,9D,10D,23D,24D,25D,38D,39D,40D,43D,53D. The summed E-state index contributed by atoms with van der Waals surface area (Å²) in [7, 11) is 0. The molecule has 13 aromatic carbocycles. The number of para-hydroxylation sites is 4. The highest BCUT2D eigenvalue weighted by Crippen LogP contribution is 2.51. The highest BCUT2D eigenvalue weighted by Gasteiger charge is 2.45. The zero-order valence-corrected chi connectivity index (χ0v) is 53.0. The Labute approximate surface area is 570 Å². The van der Waals surface area contributed by atoms with Crippen LogP contribution in [0, 0.1) is 22.7 Å². The minimum absolute atomic E-state index is 0.000148. The highest BCUT2D eigenvalue weighted by atomic mass is 15.2. The Bertz CT molecular complexity index is 6280. The lowest BCUT2D eigenvalue weighted by molar-refractivity contribution is 0.569. The zero-order chi connectivity index (χ0) is 74.0. The summed E-state index contributed by atoms with van der Waals surface area (Å²) in [5.41, 5.74) is 11.9. The first-order valence-electron chi connectivity index (χ1n) is 37.4. The van der Waals surface area contributed by atoms with E-state index in [1.54, 1.807) is 21.6 Å². The average molecular weight is 1230 g/mol. The van der Waals surface area contributed by atoms with E-state index < -0.39 is 55.1 Å². The van der Waals surface area contributed by atoms with Crippen LogP contribution in [0.3, 0.4) is 0 Å². The van der Waals surface area contributed by atoms with Crippen LogP contribution in [-0.2, 0) is 10.8 Å². The molecule has 2 aliphatic rings. The number of fused-ring (bicyclic) bond motifs is 10. The van der Waals surface area contributed by atoms with Crippen LogP contribution in [0.15, 0.2) is 285 Å². The van der Waals surface area contributed by atoms with Crippen LogP contribution in [0.2, 0.25) is 0 Å². The Balaban J connectivity index is 1.08. The van der Waals surface area contributed by atoms with E-state index in [1.807, 2.05) is 179 Å². The topological polar surface area (TPSA) is 63.9 Å². The second-order valence-corrected chi connectivity index (χ2v) is 26.6. The van der Waals surface area contributed by atoms with Crippen molar-refractivity contribution in [2.75, 3.05) is 9.80 Å². The molecule has 0 saturated heterocycles. The number of aromatic nitrogens is 2. The first-order chi connectivity index (χ1) is 50.9. The van der Waals surface area contributed by atoms with Gasteiger partial charge in [-0.15, -0.1) is 0 Å². The molecule has 0 saturated carbocycles. The van der Waals surface area contributed by atoms with E-state index in [4.69, 9.17) is 4.11 Å². The van der Waals surface area contributed by atoms with Gasteiger partial charge in [0.15, 0.2) is 0 Å². The van der Waals surface area contributed by atoms with Gasteiger partial charge in [-0.05, 0) is 162 Å². The molecular formula is C88H65BN6.